The largest absolute Gasteiger partial charge is 0.416 e. The van der Waals surface area contributed by atoms with Crippen LogP contribution < -0.4 is 10.2 Å². The van der Waals surface area contributed by atoms with Gasteiger partial charge in [-0.15, -0.1) is 0 Å². The number of amides is 1. The van der Waals surface area contributed by atoms with Crippen LogP contribution in [0.5, 0.6) is 0 Å². The van der Waals surface area contributed by atoms with Crippen LogP contribution in [0.4, 0.5) is 30.4 Å². The molecule has 0 fully saturated rings. The van der Waals surface area contributed by atoms with E-state index in [0.29, 0.717) is 17.9 Å². The van der Waals surface area contributed by atoms with Crippen LogP contribution in [0.25, 0.3) is 0 Å². The van der Waals surface area contributed by atoms with Gasteiger partial charge in [0.25, 0.3) is 5.91 Å². The molecule has 0 bridgehead atoms. The first-order valence-electron chi connectivity index (χ1n) is 8.72. The Morgan fingerprint density at radius 1 is 1.04 bits per heavy atom. The van der Waals surface area contributed by atoms with Gasteiger partial charge in [-0.1, -0.05) is 24.3 Å². The molecule has 28 heavy (non-hydrogen) atoms. The quantitative estimate of drug-likeness (QED) is 0.689. The molecule has 4 rings (SSSR count). The fourth-order valence-corrected chi connectivity index (χ4v) is 3.26. The number of nitrogens with zero attached hydrogens (tertiary/aromatic N) is 2. The van der Waals surface area contributed by atoms with Crippen LogP contribution in [0.15, 0.2) is 66.9 Å². The second-order valence-electron chi connectivity index (χ2n) is 6.47. The molecular weight excluding hydrogens is 367 g/mol. The molecule has 142 valence electrons. The van der Waals surface area contributed by atoms with Gasteiger partial charge in [-0.25, -0.2) is 4.98 Å². The maximum atomic E-state index is 12.9. The van der Waals surface area contributed by atoms with E-state index < -0.39 is 11.7 Å². The van der Waals surface area contributed by atoms with Crippen molar-refractivity contribution in [3.8, 4) is 0 Å². The highest BCUT2D eigenvalue weighted by Gasteiger charge is 2.30. The molecule has 0 aliphatic carbocycles. The van der Waals surface area contributed by atoms with E-state index in [9.17, 15) is 18.0 Å². The van der Waals surface area contributed by atoms with Crippen LogP contribution in [0.3, 0.4) is 0 Å². The van der Waals surface area contributed by atoms with Crippen LogP contribution in [0, 0.1) is 0 Å². The van der Waals surface area contributed by atoms with Crippen molar-refractivity contribution in [2.45, 2.75) is 12.6 Å². The Morgan fingerprint density at radius 2 is 1.86 bits per heavy atom. The summed E-state index contributed by atoms with van der Waals surface area (Å²) in [5, 5.41) is 2.84. The van der Waals surface area contributed by atoms with Gasteiger partial charge in [0, 0.05) is 29.7 Å². The Bertz CT molecular complexity index is 1030. The van der Waals surface area contributed by atoms with Gasteiger partial charge in [-0.05, 0) is 48.4 Å². The summed E-state index contributed by atoms with van der Waals surface area (Å²) in [5.74, 6) is 0.136. The highest BCUT2D eigenvalue weighted by atomic mass is 19.4. The van der Waals surface area contributed by atoms with Gasteiger partial charge in [0.05, 0.1) is 5.56 Å². The molecule has 1 aliphatic rings. The van der Waals surface area contributed by atoms with E-state index in [4.69, 9.17) is 0 Å². The molecule has 1 amide bonds. The lowest BCUT2D eigenvalue weighted by Gasteiger charge is -2.18. The van der Waals surface area contributed by atoms with Gasteiger partial charge in [-0.3, -0.25) is 4.79 Å². The highest BCUT2D eigenvalue weighted by molar-refractivity contribution is 6.07. The lowest BCUT2D eigenvalue weighted by molar-refractivity contribution is -0.137. The van der Waals surface area contributed by atoms with E-state index in [1.807, 2.05) is 24.3 Å². The maximum Gasteiger partial charge on any atom is 0.416 e. The average molecular weight is 383 g/mol. The minimum Gasteiger partial charge on any atom is -0.340 e. The maximum absolute atomic E-state index is 12.9. The van der Waals surface area contributed by atoms with Crippen LogP contribution in [0.2, 0.25) is 0 Å². The van der Waals surface area contributed by atoms with Gasteiger partial charge in [0.2, 0.25) is 0 Å². The summed E-state index contributed by atoms with van der Waals surface area (Å²) in [6, 6.07) is 15.7. The number of alkyl halides is 3. The number of anilines is 3. The number of carbonyl (C=O) groups excluding carboxylic acids is 1. The molecule has 0 saturated carbocycles. The van der Waals surface area contributed by atoms with Crippen molar-refractivity contribution in [1.82, 2.24) is 4.98 Å². The van der Waals surface area contributed by atoms with Crippen LogP contribution in [0.1, 0.15) is 21.5 Å². The van der Waals surface area contributed by atoms with Crippen LogP contribution in [-0.2, 0) is 12.6 Å². The van der Waals surface area contributed by atoms with Crippen molar-refractivity contribution in [2.75, 3.05) is 16.8 Å². The van der Waals surface area contributed by atoms with Gasteiger partial charge >= 0.3 is 6.18 Å². The third-order valence-corrected chi connectivity index (χ3v) is 4.60. The van der Waals surface area contributed by atoms with Crippen molar-refractivity contribution < 1.29 is 18.0 Å². The molecule has 2 aromatic carbocycles. The van der Waals surface area contributed by atoms with Crippen molar-refractivity contribution in [1.29, 1.82) is 0 Å². The van der Waals surface area contributed by atoms with Crippen molar-refractivity contribution in [3.05, 3.63) is 83.6 Å². The second kappa shape index (κ2) is 6.99. The zero-order valence-electron chi connectivity index (χ0n) is 14.7. The molecule has 0 saturated heterocycles. The smallest absolute Gasteiger partial charge is 0.340 e. The number of nitrogens with one attached hydrogen (secondary N) is 1. The second-order valence-corrected chi connectivity index (χ2v) is 6.47. The summed E-state index contributed by atoms with van der Waals surface area (Å²) < 4.78 is 38.6. The lowest BCUT2D eigenvalue weighted by Crippen LogP contribution is -2.28. The predicted octanol–water partition coefficient (Wildman–Crippen LogP) is 5.05. The first-order chi connectivity index (χ1) is 13.4. The van der Waals surface area contributed by atoms with Crippen LogP contribution >= 0.6 is 0 Å². The van der Waals surface area contributed by atoms with E-state index in [1.165, 1.54) is 18.3 Å². The van der Waals surface area contributed by atoms with Crippen LogP contribution in [-0.4, -0.2) is 17.4 Å². The molecule has 3 aromatic rings. The number of carbonyl (C=O) groups is 1. The summed E-state index contributed by atoms with van der Waals surface area (Å²) in [6.45, 7) is 0.594. The number of para-hydroxylation sites is 1. The summed E-state index contributed by atoms with van der Waals surface area (Å²) in [7, 11) is 0. The molecule has 7 heteroatoms. The molecule has 0 spiro atoms. The number of hydrogen-bond donors (Lipinski definition) is 1. The van der Waals surface area contributed by atoms with Gasteiger partial charge in [0.15, 0.2) is 0 Å². The van der Waals surface area contributed by atoms with Crippen molar-refractivity contribution in [2.24, 2.45) is 0 Å². The summed E-state index contributed by atoms with van der Waals surface area (Å²) in [4.78, 5) is 18.7. The lowest BCUT2D eigenvalue weighted by atomic mass is 10.1. The predicted molar refractivity (Wildman–Crippen MR) is 101 cm³/mol. The average Bonchev–Trinajstić information content (AvgIpc) is 3.11. The minimum atomic E-state index is -4.42. The fraction of sp³-hybridized carbons (Fsp3) is 0.143. The summed E-state index contributed by atoms with van der Waals surface area (Å²) in [6.07, 6.45) is -2.17. The Hall–Kier alpha value is -3.35. The van der Waals surface area contributed by atoms with E-state index in [2.05, 4.69) is 10.3 Å². The van der Waals surface area contributed by atoms with E-state index in [-0.39, 0.29) is 11.6 Å². The summed E-state index contributed by atoms with van der Waals surface area (Å²) >= 11 is 0. The van der Waals surface area contributed by atoms with Gasteiger partial charge in [-0.2, -0.15) is 13.2 Å². The highest BCUT2D eigenvalue weighted by Crippen LogP contribution is 2.32. The number of halogens is 3. The summed E-state index contributed by atoms with van der Waals surface area (Å²) in [5.41, 5.74) is 1.92. The molecule has 1 aliphatic heterocycles. The molecule has 0 radical (unpaired) electrons. The molecule has 2 heterocycles. The third kappa shape index (κ3) is 3.55. The molecular formula is C21H16F3N3O. The van der Waals surface area contributed by atoms with Gasteiger partial charge < -0.3 is 10.2 Å². The number of aromatic nitrogens is 1. The van der Waals surface area contributed by atoms with Crippen molar-refractivity contribution in [3.63, 3.8) is 0 Å². The SMILES string of the molecule is O=C(c1ccnc(Nc2cccc(C(F)(F)F)c2)c1)N1CCc2ccccc21. The number of rotatable bonds is 3. The van der Waals surface area contributed by atoms with Crippen molar-refractivity contribution >= 4 is 23.1 Å². The minimum absolute atomic E-state index is 0.167. The Labute approximate surface area is 159 Å². The normalized spacial score (nSPS) is 13.3. The Morgan fingerprint density at radius 3 is 2.68 bits per heavy atom. The van der Waals surface area contributed by atoms with E-state index >= 15 is 0 Å². The first kappa shape index (κ1) is 18.0. The fourth-order valence-electron chi connectivity index (χ4n) is 3.26. The number of pyridine rings is 1. The zero-order valence-corrected chi connectivity index (χ0v) is 14.7. The number of hydrogen-bond acceptors (Lipinski definition) is 3. The standard InChI is InChI=1S/C21H16F3N3O/c22-21(23,24)16-5-3-6-17(13-16)26-19-12-15(8-10-25-19)20(28)27-11-9-14-4-1-2-7-18(14)27/h1-8,10,12-13H,9,11H2,(H,25,26). The topological polar surface area (TPSA) is 45.2 Å². The van der Waals surface area contributed by atoms with E-state index in [1.54, 1.807) is 17.0 Å². The molecule has 1 aromatic heterocycles. The number of fused-ring (bicyclic) bond motifs is 1. The third-order valence-electron chi connectivity index (χ3n) is 4.60. The first-order valence-corrected chi connectivity index (χ1v) is 8.72. The van der Waals surface area contributed by atoms with Gasteiger partial charge in [0.1, 0.15) is 5.82 Å². The zero-order chi connectivity index (χ0) is 19.7. The molecule has 1 N–H and O–H groups in total. The van der Waals surface area contributed by atoms with E-state index in [0.717, 1.165) is 29.8 Å². The molecule has 0 atom stereocenters. The molecule has 4 nitrogen and oxygen atoms in total. The monoisotopic (exact) mass is 383 g/mol. The Kier molecular flexibility index (Phi) is 4.50. The molecule has 0 unspecified atom stereocenters. The number of benzene rings is 2. The Balaban J connectivity index is 1.57.